The van der Waals surface area contributed by atoms with Crippen molar-refractivity contribution >= 4 is 17.5 Å². The number of aromatic nitrogens is 2. The molecule has 1 aliphatic carbocycles. The molecule has 0 bridgehead atoms. The van der Waals surface area contributed by atoms with E-state index in [9.17, 15) is 4.79 Å². The first-order valence-electron chi connectivity index (χ1n) is 6.41. The third kappa shape index (κ3) is 2.86. The Balaban J connectivity index is 2.04. The number of imidazole rings is 1. The van der Waals surface area contributed by atoms with Gasteiger partial charge in [-0.1, -0.05) is 6.92 Å². The van der Waals surface area contributed by atoms with E-state index < -0.39 is 0 Å². The van der Waals surface area contributed by atoms with Crippen LogP contribution in [-0.2, 0) is 7.05 Å². The van der Waals surface area contributed by atoms with E-state index in [1.54, 1.807) is 17.1 Å². The fourth-order valence-electron chi connectivity index (χ4n) is 2.44. The maximum Gasteiger partial charge on any atom is 0.271 e. The van der Waals surface area contributed by atoms with Crippen molar-refractivity contribution in [1.82, 2.24) is 14.9 Å². The molecule has 1 heterocycles. The molecule has 0 atom stereocenters. The lowest BCUT2D eigenvalue weighted by Crippen LogP contribution is -2.52. The van der Waals surface area contributed by atoms with Gasteiger partial charge in [-0.05, 0) is 31.6 Å². The van der Waals surface area contributed by atoms with Gasteiger partial charge in [0.2, 0.25) is 0 Å². The molecular weight excluding hydrogens is 250 g/mol. The van der Waals surface area contributed by atoms with E-state index in [0.29, 0.717) is 11.6 Å². The lowest BCUT2D eigenvalue weighted by Gasteiger charge is -2.38. The third-order valence-corrected chi connectivity index (χ3v) is 4.31. The number of carbonyl (C=O) groups is 1. The van der Waals surface area contributed by atoms with E-state index in [4.69, 9.17) is 11.6 Å². The Labute approximate surface area is 113 Å². The highest BCUT2D eigenvalue weighted by molar-refractivity contribution is 6.18. The number of nitrogens with zero attached hydrogens (tertiary/aromatic N) is 2. The predicted octanol–water partition coefficient (Wildman–Crippen LogP) is 2.34. The highest BCUT2D eigenvalue weighted by Crippen LogP contribution is 2.32. The summed E-state index contributed by atoms with van der Waals surface area (Å²) in [7, 11) is 1.85. The Bertz CT molecular complexity index is 422. The number of aryl methyl sites for hydroxylation is 1. The van der Waals surface area contributed by atoms with Crippen LogP contribution in [0.1, 0.15) is 43.1 Å². The van der Waals surface area contributed by atoms with Gasteiger partial charge in [-0.2, -0.15) is 0 Å². The summed E-state index contributed by atoms with van der Waals surface area (Å²) in [5, 5.41) is 3.09. The monoisotopic (exact) mass is 269 g/mol. The predicted molar refractivity (Wildman–Crippen MR) is 71.8 cm³/mol. The Morgan fingerprint density at radius 2 is 2.28 bits per heavy atom. The summed E-state index contributed by atoms with van der Waals surface area (Å²) in [5.74, 6) is 1.08. The van der Waals surface area contributed by atoms with Crippen LogP contribution in [0.5, 0.6) is 0 Å². The molecule has 1 N–H and O–H groups in total. The van der Waals surface area contributed by atoms with Crippen molar-refractivity contribution in [2.45, 2.75) is 38.1 Å². The van der Waals surface area contributed by atoms with E-state index in [1.165, 1.54) is 0 Å². The molecular formula is C13H20ClN3O. The van der Waals surface area contributed by atoms with Gasteiger partial charge in [0.05, 0.1) is 11.9 Å². The average Bonchev–Trinajstić information content (AvgIpc) is 2.79. The average molecular weight is 270 g/mol. The van der Waals surface area contributed by atoms with Crippen molar-refractivity contribution in [3.8, 4) is 0 Å². The number of rotatable bonds is 3. The quantitative estimate of drug-likeness (QED) is 0.856. The van der Waals surface area contributed by atoms with Gasteiger partial charge < -0.3 is 9.88 Å². The number of carbonyl (C=O) groups excluding carboxylic acids is 1. The summed E-state index contributed by atoms with van der Waals surface area (Å²) < 4.78 is 1.77. The van der Waals surface area contributed by atoms with Gasteiger partial charge in [0.15, 0.2) is 0 Å². The van der Waals surface area contributed by atoms with Gasteiger partial charge in [-0.3, -0.25) is 4.79 Å². The Kier molecular flexibility index (Phi) is 3.95. The minimum absolute atomic E-state index is 0.120. The minimum Gasteiger partial charge on any atom is -0.344 e. The molecule has 0 saturated heterocycles. The van der Waals surface area contributed by atoms with Crippen molar-refractivity contribution in [3.63, 3.8) is 0 Å². The number of hydrogen-bond donors (Lipinski definition) is 1. The smallest absolute Gasteiger partial charge is 0.271 e. The van der Waals surface area contributed by atoms with Crippen molar-refractivity contribution in [3.05, 3.63) is 18.2 Å². The van der Waals surface area contributed by atoms with Crippen LogP contribution in [0.4, 0.5) is 0 Å². The SMILES string of the molecule is CC1CCC(CCl)(NC(=O)c2cn(C)cn2)CC1. The summed E-state index contributed by atoms with van der Waals surface area (Å²) in [6, 6.07) is 0. The van der Waals surface area contributed by atoms with E-state index in [1.807, 2.05) is 7.05 Å². The molecule has 0 unspecified atom stereocenters. The topological polar surface area (TPSA) is 46.9 Å². The molecule has 0 radical (unpaired) electrons. The summed E-state index contributed by atoms with van der Waals surface area (Å²) in [6.45, 7) is 2.25. The minimum atomic E-state index is -0.247. The molecule has 1 aromatic heterocycles. The zero-order valence-corrected chi connectivity index (χ0v) is 11.7. The van der Waals surface area contributed by atoms with Crippen molar-refractivity contribution < 1.29 is 4.79 Å². The molecule has 0 spiro atoms. The second-order valence-electron chi connectivity index (χ2n) is 5.47. The van der Waals surface area contributed by atoms with Crippen LogP contribution in [0, 0.1) is 5.92 Å². The molecule has 4 nitrogen and oxygen atoms in total. The maximum absolute atomic E-state index is 12.1. The second-order valence-corrected chi connectivity index (χ2v) is 5.74. The fraction of sp³-hybridized carbons (Fsp3) is 0.692. The summed E-state index contributed by atoms with van der Waals surface area (Å²) in [4.78, 5) is 16.2. The molecule has 5 heteroatoms. The first kappa shape index (κ1) is 13.4. The van der Waals surface area contributed by atoms with Crippen LogP contribution in [0.25, 0.3) is 0 Å². The van der Waals surface area contributed by atoms with Crippen molar-refractivity contribution in [2.75, 3.05) is 5.88 Å². The first-order valence-corrected chi connectivity index (χ1v) is 6.94. The van der Waals surface area contributed by atoms with E-state index in [2.05, 4.69) is 17.2 Å². The molecule has 1 amide bonds. The molecule has 0 aliphatic heterocycles. The van der Waals surface area contributed by atoms with Crippen LogP contribution < -0.4 is 5.32 Å². The van der Waals surface area contributed by atoms with E-state index in [-0.39, 0.29) is 11.4 Å². The van der Waals surface area contributed by atoms with E-state index in [0.717, 1.165) is 31.6 Å². The Hall–Kier alpha value is -1.03. The molecule has 0 aromatic carbocycles. The van der Waals surface area contributed by atoms with Gasteiger partial charge in [-0.25, -0.2) is 4.98 Å². The highest BCUT2D eigenvalue weighted by atomic mass is 35.5. The Morgan fingerprint density at radius 1 is 1.61 bits per heavy atom. The van der Waals surface area contributed by atoms with Crippen LogP contribution in [0.15, 0.2) is 12.5 Å². The number of alkyl halides is 1. The molecule has 1 saturated carbocycles. The van der Waals surface area contributed by atoms with Gasteiger partial charge in [0.1, 0.15) is 5.69 Å². The zero-order chi connectivity index (χ0) is 13.2. The summed E-state index contributed by atoms with van der Waals surface area (Å²) in [5.41, 5.74) is 0.212. The van der Waals surface area contributed by atoms with Crippen LogP contribution in [0.3, 0.4) is 0 Å². The van der Waals surface area contributed by atoms with Gasteiger partial charge >= 0.3 is 0 Å². The Morgan fingerprint density at radius 3 is 2.78 bits per heavy atom. The van der Waals surface area contributed by atoms with Gasteiger partial charge in [0, 0.05) is 19.1 Å². The third-order valence-electron chi connectivity index (χ3n) is 3.80. The first-order chi connectivity index (χ1) is 8.54. The van der Waals surface area contributed by atoms with Crippen LogP contribution in [-0.4, -0.2) is 26.9 Å². The molecule has 18 heavy (non-hydrogen) atoms. The van der Waals surface area contributed by atoms with Crippen molar-refractivity contribution in [2.24, 2.45) is 13.0 Å². The molecule has 2 rings (SSSR count). The van der Waals surface area contributed by atoms with Gasteiger partial charge in [-0.15, -0.1) is 11.6 Å². The number of amides is 1. The summed E-state index contributed by atoms with van der Waals surface area (Å²) in [6.07, 6.45) is 7.50. The van der Waals surface area contributed by atoms with E-state index >= 15 is 0 Å². The number of halogens is 1. The molecule has 1 fully saturated rings. The maximum atomic E-state index is 12.1. The largest absolute Gasteiger partial charge is 0.344 e. The molecule has 1 aliphatic rings. The normalized spacial score (nSPS) is 28.1. The lowest BCUT2D eigenvalue weighted by atomic mass is 9.78. The number of nitrogens with one attached hydrogen (secondary N) is 1. The van der Waals surface area contributed by atoms with Crippen molar-refractivity contribution in [1.29, 1.82) is 0 Å². The standard InChI is InChI=1S/C13H20ClN3O/c1-10-3-5-13(8-14,6-4-10)16-12(18)11-7-17(2)9-15-11/h7,9-10H,3-6,8H2,1-2H3,(H,16,18). The molecule has 1 aromatic rings. The zero-order valence-electron chi connectivity index (χ0n) is 10.9. The number of hydrogen-bond acceptors (Lipinski definition) is 2. The molecule has 100 valence electrons. The van der Waals surface area contributed by atoms with Gasteiger partial charge in [0.25, 0.3) is 5.91 Å². The van der Waals surface area contributed by atoms with Crippen LogP contribution >= 0.6 is 11.6 Å². The fourth-order valence-corrected chi connectivity index (χ4v) is 2.78. The summed E-state index contributed by atoms with van der Waals surface area (Å²) >= 11 is 6.08. The lowest BCUT2D eigenvalue weighted by molar-refractivity contribution is 0.0867. The highest BCUT2D eigenvalue weighted by Gasteiger charge is 2.35. The van der Waals surface area contributed by atoms with Crippen LogP contribution in [0.2, 0.25) is 0 Å². The second kappa shape index (κ2) is 5.31.